The van der Waals surface area contributed by atoms with Crippen LogP contribution in [0.4, 0.5) is 0 Å². The number of aryl methyl sites for hydroxylation is 1. The summed E-state index contributed by atoms with van der Waals surface area (Å²) in [6.07, 6.45) is 2.39. The molecular weight excluding hydrogens is 382 g/mol. The molecule has 0 unspecified atom stereocenters. The molecule has 1 saturated heterocycles. The smallest absolute Gasteiger partial charge is 0.233 e. The number of carbonyl (C=O) groups excluding carboxylic acids is 1. The molecule has 3 rings (SSSR count). The summed E-state index contributed by atoms with van der Waals surface area (Å²) >= 11 is 3.41. The van der Waals surface area contributed by atoms with E-state index < -0.39 is 0 Å². The van der Waals surface area contributed by atoms with E-state index in [4.69, 9.17) is 4.74 Å². The van der Waals surface area contributed by atoms with Gasteiger partial charge in [0.1, 0.15) is 0 Å². The van der Waals surface area contributed by atoms with Gasteiger partial charge in [0, 0.05) is 23.6 Å². The van der Waals surface area contributed by atoms with Crippen LogP contribution in [-0.2, 0) is 11.2 Å². The van der Waals surface area contributed by atoms with Gasteiger partial charge in [-0.05, 0) is 49.4 Å². The predicted molar refractivity (Wildman–Crippen MR) is 99.4 cm³/mol. The van der Waals surface area contributed by atoms with E-state index in [9.17, 15) is 4.79 Å². The molecule has 1 aromatic heterocycles. The second-order valence-corrected chi connectivity index (χ2v) is 7.37. The lowest BCUT2D eigenvalue weighted by molar-refractivity contribution is -0.132. The maximum Gasteiger partial charge on any atom is 0.233 e. The van der Waals surface area contributed by atoms with Crippen LogP contribution in [0.15, 0.2) is 40.9 Å². The van der Waals surface area contributed by atoms with Gasteiger partial charge < -0.3 is 9.64 Å². The number of carbonyl (C=O) groups is 1. The number of nitrogens with zero attached hydrogens (tertiary/aromatic N) is 3. The highest BCUT2D eigenvalue weighted by atomic mass is 79.9. The van der Waals surface area contributed by atoms with Crippen molar-refractivity contribution >= 4 is 21.8 Å². The first kappa shape index (κ1) is 17.9. The third-order valence-corrected chi connectivity index (χ3v) is 5.00. The molecule has 1 aliphatic rings. The van der Waals surface area contributed by atoms with Crippen molar-refractivity contribution in [1.82, 2.24) is 15.1 Å². The number of halogens is 1. The van der Waals surface area contributed by atoms with Crippen molar-refractivity contribution in [3.05, 3.63) is 52.1 Å². The van der Waals surface area contributed by atoms with E-state index in [1.807, 2.05) is 48.2 Å². The summed E-state index contributed by atoms with van der Waals surface area (Å²) in [6.45, 7) is 4.12. The molecule has 2 heterocycles. The van der Waals surface area contributed by atoms with Crippen molar-refractivity contribution in [3.8, 4) is 5.88 Å². The Labute approximate surface area is 156 Å². The minimum atomic E-state index is 0.200. The van der Waals surface area contributed by atoms with E-state index in [2.05, 4.69) is 26.1 Å². The van der Waals surface area contributed by atoms with Crippen LogP contribution in [0, 0.1) is 12.8 Å². The highest BCUT2D eigenvalue weighted by Crippen LogP contribution is 2.20. The lowest BCUT2D eigenvalue weighted by Gasteiger charge is -2.32. The summed E-state index contributed by atoms with van der Waals surface area (Å²) in [5.74, 6) is 1.23. The fourth-order valence-corrected chi connectivity index (χ4v) is 3.17. The maximum absolute atomic E-state index is 12.4. The molecule has 0 aliphatic carbocycles. The molecule has 1 amide bonds. The van der Waals surface area contributed by atoms with Crippen LogP contribution in [0.5, 0.6) is 5.88 Å². The minimum Gasteiger partial charge on any atom is -0.476 e. The molecule has 1 aliphatic heterocycles. The number of likely N-dealkylation sites (tertiary alicyclic amines) is 1. The summed E-state index contributed by atoms with van der Waals surface area (Å²) in [6, 6.07) is 11.7. The summed E-state index contributed by atoms with van der Waals surface area (Å²) in [5.41, 5.74) is 1.93. The van der Waals surface area contributed by atoms with E-state index in [1.54, 1.807) is 0 Å². The Bertz CT molecular complexity index is 696. The van der Waals surface area contributed by atoms with Crippen molar-refractivity contribution in [2.75, 3.05) is 19.7 Å². The summed E-state index contributed by atoms with van der Waals surface area (Å²) in [4.78, 5) is 14.4. The van der Waals surface area contributed by atoms with Crippen LogP contribution in [-0.4, -0.2) is 40.7 Å². The van der Waals surface area contributed by atoms with Crippen LogP contribution in [0.3, 0.4) is 0 Å². The summed E-state index contributed by atoms with van der Waals surface area (Å²) < 4.78 is 6.75. The van der Waals surface area contributed by atoms with Crippen LogP contribution < -0.4 is 4.74 Å². The van der Waals surface area contributed by atoms with Crippen LogP contribution in [0.2, 0.25) is 0 Å². The average molecular weight is 404 g/mol. The molecule has 0 N–H and O–H groups in total. The Hall–Kier alpha value is -1.95. The van der Waals surface area contributed by atoms with Gasteiger partial charge in [-0.25, -0.2) is 0 Å². The maximum atomic E-state index is 12.4. The number of hydrogen-bond acceptors (Lipinski definition) is 4. The summed E-state index contributed by atoms with van der Waals surface area (Å²) in [7, 11) is 0. The molecule has 0 atom stereocenters. The monoisotopic (exact) mass is 403 g/mol. The molecule has 1 fully saturated rings. The number of aromatic nitrogens is 2. The molecule has 0 radical (unpaired) electrons. The first-order valence-electron chi connectivity index (χ1n) is 8.55. The minimum absolute atomic E-state index is 0.200. The SMILES string of the molecule is Cc1ccc(OCC2CCN(C(=O)Cc3ccc(Br)cc3)CC2)nn1. The number of piperidine rings is 1. The average Bonchev–Trinajstić information content (AvgIpc) is 2.63. The Morgan fingerprint density at radius 1 is 1.16 bits per heavy atom. The topological polar surface area (TPSA) is 55.3 Å². The second-order valence-electron chi connectivity index (χ2n) is 6.45. The normalized spacial score (nSPS) is 15.2. The van der Waals surface area contributed by atoms with Crippen molar-refractivity contribution in [2.24, 2.45) is 5.92 Å². The first-order valence-corrected chi connectivity index (χ1v) is 9.35. The lowest BCUT2D eigenvalue weighted by atomic mass is 9.97. The fourth-order valence-electron chi connectivity index (χ4n) is 2.90. The molecule has 1 aromatic carbocycles. The zero-order chi connectivity index (χ0) is 17.6. The van der Waals surface area contributed by atoms with Crippen LogP contribution in [0.25, 0.3) is 0 Å². The Morgan fingerprint density at radius 3 is 2.52 bits per heavy atom. The number of hydrogen-bond donors (Lipinski definition) is 0. The molecule has 6 heteroatoms. The zero-order valence-electron chi connectivity index (χ0n) is 14.3. The van der Waals surface area contributed by atoms with Crippen LogP contribution >= 0.6 is 15.9 Å². The van der Waals surface area contributed by atoms with Gasteiger partial charge in [-0.3, -0.25) is 4.79 Å². The highest BCUT2D eigenvalue weighted by Gasteiger charge is 2.23. The van der Waals surface area contributed by atoms with Gasteiger partial charge in [0.25, 0.3) is 0 Å². The van der Waals surface area contributed by atoms with Gasteiger partial charge in [0.15, 0.2) is 0 Å². The Balaban J connectivity index is 1.42. The third-order valence-electron chi connectivity index (χ3n) is 4.48. The number of benzene rings is 1. The van der Waals surface area contributed by atoms with Crippen molar-refractivity contribution < 1.29 is 9.53 Å². The van der Waals surface area contributed by atoms with E-state index in [-0.39, 0.29) is 5.91 Å². The van der Waals surface area contributed by atoms with Gasteiger partial charge in [-0.15, -0.1) is 5.10 Å². The molecule has 2 aromatic rings. The second kappa shape index (κ2) is 8.43. The largest absolute Gasteiger partial charge is 0.476 e. The number of rotatable bonds is 5. The Morgan fingerprint density at radius 2 is 1.88 bits per heavy atom. The van der Waals surface area contributed by atoms with Gasteiger partial charge in [-0.1, -0.05) is 28.1 Å². The van der Waals surface area contributed by atoms with Crippen molar-refractivity contribution in [3.63, 3.8) is 0 Å². The fraction of sp³-hybridized carbons (Fsp3) is 0.421. The van der Waals surface area contributed by atoms with E-state index >= 15 is 0 Å². The molecule has 0 saturated carbocycles. The lowest BCUT2D eigenvalue weighted by Crippen LogP contribution is -2.40. The van der Waals surface area contributed by atoms with Crippen LogP contribution in [0.1, 0.15) is 24.1 Å². The predicted octanol–water partition coefficient (Wildman–Crippen LogP) is 3.41. The molecule has 5 nitrogen and oxygen atoms in total. The van der Waals surface area contributed by atoms with Gasteiger partial charge in [0.05, 0.1) is 18.7 Å². The zero-order valence-corrected chi connectivity index (χ0v) is 15.9. The highest BCUT2D eigenvalue weighted by molar-refractivity contribution is 9.10. The van der Waals surface area contributed by atoms with Gasteiger partial charge in [0.2, 0.25) is 11.8 Å². The molecule has 0 bridgehead atoms. The standard InChI is InChI=1S/C19H22BrN3O2/c1-14-2-7-18(22-21-14)25-13-16-8-10-23(11-9-16)19(24)12-15-3-5-17(20)6-4-15/h2-7,16H,8-13H2,1H3. The van der Waals surface area contributed by atoms with E-state index in [1.165, 1.54) is 0 Å². The quantitative estimate of drug-likeness (QED) is 0.767. The van der Waals surface area contributed by atoms with Crippen molar-refractivity contribution in [1.29, 1.82) is 0 Å². The summed E-state index contributed by atoms with van der Waals surface area (Å²) in [5, 5.41) is 8.01. The van der Waals surface area contributed by atoms with Gasteiger partial charge >= 0.3 is 0 Å². The van der Waals surface area contributed by atoms with Gasteiger partial charge in [-0.2, -0.15) is 5.10 Å². The van der Waals surface area contributed by atoms with E-state index in [0.29, 0.717) is 24.8 Å². The number of ether oxygens (including phenoxy) is 1. The molecule has 132 valence electrons. The third kappa shape index (κ3) is 5.26. The Kier molecular flexibility index (Phi) is 6.02. The van der Waals surface area contributed by atoms with Crippen molar-refractivity contribution in [2.45, 2.75) is 26.2 Å². The molecular formula is C19H22BrN3O2. The molecule has 0 spiro atoms. The van der Waals surface area contributed by atoms with E-state index in [0.717, 1.165) is 41.7 Å². The molecule has 25 heavy (non-hydrogen) atoms. The number of amides is 1. The first-order chi connectivity index (χ1) is 12.1.